The monoisotopic (exact) mass is 203 g/mol. The fraction of sp³-hybridized carbons (Fsp3) is 0.583. The summed E-state index contributed by atoms with van der Waals surface area (Å²) >= 11 is 0. The van der Waals surface area contributed by atoms with E-state index in [4.69, 9.17) is 4.74 Å². The quantitative estimate of drug-likeness (QED) is 0.550. The number of hydrogen-bond donors (Lipinski definition) is 0. The summed E-state index contributed by atoms with van der Waals surface area (Å²) in [4.78, 5) is 13.9. The van der Waals surface area contributed by atoms with Crippen molar-refractivity contribution in [2.45, 2.75) is 36.9 Å². The van der Waals surface area contributed by atoms with Crippen LogP contribution >= 0.6 is 0 Å². The van der Waals surface area contributed by atoms with Crippen LogP contribution in [0.25, 0.3) is 0 Å². The van der Waals surface area contributed by atoms with Gasteiger partial charge in [-0.2, -0.15) is 0 Å². The lowest BCUT2D eigenvalue weighted by atomic mass is 9.81. The predicted molar refractivity (Wildman–Crippen MR) is 54.2 cm³/mol. The van der Waals surface area contributed by atoms with E-state index in [1.165, 1.54) is 12.8 Å². The maximum atomic E-state index is 11.4. The molecule has 0 aromatic carbocycles. The second kappa shape index (κ2) is 2.35. The van der Waals surface area contributed by atoms with Crippen molar-refractivity contribution in [2.75, 3.05) is 6.54 Å². The van der Waals surface area contributed by atoms with Crippen LogP contribution in [0.2, 0.25) is 0 Å². The summed E-state index contributed by atoms with van der Waals surface area (Å²) in [5, 5.41) is 0. The average molecular weight is 203 g/mol. The normalized spacial score (nSPS) is 46.4. The highest BCUT2D eigenvalue weighted by molar-refractivity contribution is 5.88. The molecule has 2 saturated heterocycles. The van der Waals surface area contributed by atoms with Crippen molar-refractivity contribution in [3.63, 3.8) is 0 Å². The largest absolute Gasteiger partial charge is 0.449 e. The first kappa shape index (κ1) is 8.11. The Balaban J connectivity index is 1.89. The molecule has 0 aromatic rings. The van der Waals surface area contributed by atoms with Crippen LogP contribution in [0.3, 0.4) is 0 Å². The molecule has 1 spiro atoms. The number of carbonyl (C=O) groups is 1. The fourth-order valence-electron chi connectivity index (χ4n) is 3.77. The molecule has 0 radical (unpaired) electrons. The van der Waals surface area contributed by atoms with Gasteiger partial charge >= 0.3 is 5.97 Å². The number of nitrogens with zero attached hydrogens (tertiary/aromatic N) is 1. The van der Waals surface area contributed by atoms with Gasteiger partial charge in [-0.05, 0) is 19.4 Å². The summed E-state index contributed by atoms with van der Waals surface area (Å²) in [7, 11) is 0. The summed E-state index contributed by atoms with van der Waals surface area (Å²) < 4.78 is 5.63. The predicted octanol–water partition coefficient (Wildman–Crippen LogP) is 1.01. The molecular formula is C12H13NO2. The lowest BCUT2D eigenvalue weighted by Crippen LogP contribution is -2.42. The third kappa shape index (κ3) is 0.797. The van der Waals surface area contributed by atoms with Crippen molar-refractivity contribution >= 4 is 5.97 Å². The highest BCUT2D eigenvalue weighted by Gasteiger charge is 2.60. The average Bonchev–Trinajstić information content (AvgIpc) is 2.82. The first-order valence-electron chi connectivity index (χ1n) is 5.69. The smallest absolute Gasteiger partial charge is 0.332 e. The Kier molecular flexibility index (Phi) is 1.27. The van der Waals surface area contributed by atoms with Gasteiger partial charge in [0.25, 0.3) is 0 Å². The van der Waals surface area contributed by atoms with Gasteiger partial charge in [0.1, 0.15) is 0 Å². The second-order valence-corrected chi connectivity index (χ2v) is 4.94. The van der Waals surface area contributed by atoms with Crippen molar-refractivity contribution in [3.8, 4) is 0 Å². The van der Waals surface area contributed by atoms with Crippen LogP contribution in [0.15, 0.2) is 23.8 Å². The van der Waals surface area contributed by atoms with Gasteiger partial charge in [-0.1, -0.05) is 12.2 Å². The van der Waals surface area contributed by atoms with E-state index in [1.54, 1.807) is 6.08 Å². The van der Waals surface area contributed by atoms with Crippen molar-refractivity contribution in [2.24, 2.45) is 0 Å². The minimum atomic E-state index is -0.271. The van der Waals surface area contributed by atoms with E-state index in [0.717, 1.165) is 18.5 Å². The maximum Gasteiger partial charge on any atom is 0.332 e. The second-order valence-electron chi connectivity index (χ2n) is 4.94. The van der Waals surface area contributed by atoms with Crippen LogP contribution in [-0.2, 0) is 9.53 Å². The summed E-state index contributed by atoms with van der Waals surface area (Å²) in [5.41, 5.74) is 0.839. The van der Waals surface area contributed by atoms with Crippen LogP contribution in [0.4, 0.5) is 0 Å². The number of rotatable bonds is 0. The van der Waals surface area contributed by atoms with Gasteiger partial charge in [0.15, 0.2) is 5.60 Å². The molecule has 0 aromatic heterocycles. The fourth-order valence-corrected chi connectivity index (χ4v) is 3.77. The number of ether oxygens (including phenoxy) is 1. The van der Waals surface area contributed by atoms with Crippen molar-refractivity contribution in [1.82, 2.24) is 4.90 Å². The number of esters is 1. The van der Waals surface area contributed by atoms with Crippen LogP contribution in [0.1, 0.15) is 19.3 Å². The first-order valence-corrected chi connectivity index (χ1v) is 5.69. The Bertz CT molecular complexity index is 412. The standard InChI is InChI=1S/C12H13NO2/c14-11-6-8-3-4-9-7-12(8,15-11)10-2-1-5-13(9)10/h3-4,6,9-10H,1-2,5,7H2/t9-,10+,12+/m1/s1. The third-order valence-corrected chi connectivity index (χ3v) is 4.31. The Morgan fingerprint density at radius 3 is 3.40 bits per heavy atom. The van der Waals surface area contributed by atoms with Gasteiger partial charge in [-0.3, -0.25) is 4.90 Å². The topological polar surface area (TPSA) is 29.5 Å². The Morgan fingerprint density at radius 1 is 1.53 bits per heavy atom. The van der Waals surface area contributed by atoms with E-state index in [9.17, 15) is 4.79 Å². The molecule has 1 aliphatic carbocycles. The molecule has 3 atom stereocenters. The molecule has 4 rings (SSSR count). The SMILES string of the molecule is O=C1C=C2C=C[C@@H]3C[C@@]2(O1)[C@@H]1CCCN31. The van der Waals surface area contributed by atoms with Gasteiger partial charge in [0.2, 0.25) is 0 Å². The zero-order valence-corrected chi connectivity index (χ0v) is 8.48. The first-order chi connectivity index (χ1) is 7.29. The molecule has 3 aliphatic heterocycles. The van der Waals surface area contributed by atoms with E-state index in [2.05, 4.69) is 17.1 Å². The Morgan fingerprint density at radius 2 is 2.47 bits per heavy atom. The molecule has 3 heterocycles. The van der Waals surface area contributed by atoms with Crippen LogP contribution < -0.4 is 0 Å². The van der Waals surface area contributed by atoms with Gasteiger partial charge in [-0.25, -0.2) is 4.79 Å². The molecular weight excluding hydrogens is 190 g/mol. The van der Waals surface area contributed by atoms with Crippen molar-refractivity contribution in [1.29, 1.82) is 0 Å². The molecule has 15 heavy (non-hydrogen) atoms. The summed E-state index contributed by atoms with van der Waals surface area (Å²) in [6.45, 7) is 1.16. The highest BCUT2D eigenvalue weighted by Crippen LogP contribution is 2.51. The molecule has 0 N–H and O–H groups in total. The van der Waals surface area contributed by atoms with Crippen LogP contribution in [-0.4, -0.2) is 35.1 Å². The lowest BCUT2D eigenvalue weighted by molar-refractivity contribution is -0.147. The van der Waals surface area contributed by atoms with Gasteiger partial charge in [0, 0.05) is 24.1 Å². The third-order valence-electron chi connectivity index (χ3n) is 4.31. The summed E-state index contributed by atoms with van der Waals surface area (Å²) in [5.74, 6) is -0.149. The van der Waals surface area contributed by atoms with Crippen molar-refractivity contribution in [3.05, 3.63) is 23.8 Å². The Labute approximate surface area is 88.4 Å². The molecule has 0 unspecified atom stereocenters. The lowest BCUT2D eigenvalue weighted by Gasteiger charge is -2.31. The van der Waals surface area contributed by atoms with Crippen LogP contribution in [0.5, 0.6) is 0 Å². The molecule has 0 saturated carbocycles. The number of carbonyl (C=O) groups excluding carboxylic acids is 1. The zero-order valence-electron chi connectivity index (χ0n) is 8.48. The van der Waals surface area contributed by atoms with Gasteiger partial charge in [-0.15, -0.1) is 0 Å². The van der Waals surface area contributed by atoms with E-state index >= 15 is 0 Å². The molecule has 0 amide bonds. The minimum absolute atomic E-state index is 0.149. The highest BCUT2D eigenvalue weighted by atomic mass is 16.6. The summed E-state index contributed by atoms with van der Waals surface area (Å²) in [6.07, 6.45) is 9.39. The number of hydrogen-bond acceptors (Lipinski definition) is 3. The molecule has 3 nitrogen and oxygen atoms in total. The van der Waals surface area contributed by atoms with Gasteiger partial charge < -0.3 is 4.74 Å². The molecule has 2 fully saturated rings. The molecule has 4 aliphatic rings. The van der Waals surface area contributed by atoms with E-state index < -0.39 is 0 Å². The van der Waals surface area contributed by atoms with E-state index in [-0.39, 0.29) is 11.6 Å². The van der Waals surface area contributed by atoms with E-state index in [0.29, 0.717) is 12.1 Å². The molecule has 3 heteroatoms. The minimum Gasteiger partial charge on any atom is -0.449 e. The molecule has 78 valence electrons. The maximum absolute atomic E-state index is 11.4. The van der Waals surface area contributed by atoms with E-state index in [1.807, 2.05) is 0 Å². The van der Waals surface area contributed by atoms with Gasteiger partial charge in [0.05, 0.1) is 6.04 Å². The Hall–Kier alpha value is -1.09. The van der Waals surface area contributed by atoms with Crippen molar-refractivity contribution < 1.29 is 9.53 Å². The zero-order chi connectivity index (χ0) is 10.0. The number of fused-ring (bicyclic) bond motifs is 3. The van der Waals surface area contributed by atoms with Crippen LogP contribution in [0, 0.1) is 0 Å². The summed E-state index contributed by atoms with van der Waals surface area (Å²) in [6, 6.07) is 0.941. The molecule has 2 bridgehead atoms.